The Labute approximate surface area is 121 Å². The lowest BCUT2D eigenvalue weighted by Crippen LogP contribution is -1.94. The number of rotatable bonds is 4. The van der Waals surface area contributed by atoms with Gasteiger partial charge in [0.05, 0.1) is 17.4 Å². The fourth-order valence-electron chi connectivity index (χ4n) is 1.79. The van der Waals surface area contributed by atoms with Gasteiger partial charge in [0.1, 0.15) is 11.6 Å². The van der Waals surface area contributed by atoms with Gasteiger partial charge in [-0.3, -0.25) is 0 Å². The van der Waals surface area contributed by atoms with Gasteiger partial charge in [-0.05, 0) is 25.1 Å². The zero-order valence-electron chi connectivity index (χ0n) is 10.7. The van der Waals surface area contributed by atoms with Crippen LogP contribution in [0, 0.1) is 5.82 Å². The molecule has 1 unspecified atom stereocenters. The van der Waals surface area contributed by atoms with E-state index in [9.17, 15) is 4.39 Å². The summed E-state index contributed by atoms with van der Waals surface area (Å²) in [7, 11) is 1.60. The zero-order valence-corrected chi connectivity index (χ0v) is 12.3. The van der Waals surface area contributed by atoms with E-state index in [1.807, 2.05) is 31.2 Å². The molecule has 2 aromatic carbocycles. The number of alkyl halides is 1. The second kappa shape index (κ2) is 6.31. The van der Waals surface area contributed by atoms with Crippen LogP contribution in [0.2, 0.25) is 0 Å². The van der Waals surface area contributed by atoms with Crippen molar-refractivity contribution in [3.05, 3.63) is 53.8 Å². The van der Waals surface area contributed by atoms with E-state index in [4.69, 9.17) is 16.3 Å². The Morgan fingerprint density at radius 3 is 2.42 bits per heavy atom. The summed E-state index contributed by atoms with van der Waals surface area (Å²) in [4.78, 5) is 1.43. The first-order valence-corrected chi connectivity index (χ1v) is 7.12. The number of benzene rings is 2. The van der Waals surface area contributed by atoms with E-state index in [0.29, 0.717) is 10.6 Å². The smallest absolute Gasteiger partial charge is 0.137 e. The highest BCUT2D eigenvalue weighted by Gasteiger charge is 2.14. The number of hydrogen-bond acceptors (Lipinski definition) is 2. The van der Waals surface area contributed by atoms with Crippen LogP contribution in [-0.4, -0.2) is 7.11 Å². The Balaban J connectivity index is 2.40. The van der Waals surface area contributed by atoms with Gasteiger partial charge in [0, 0.05) is 10.5 Å². The van der Waals surface area contributed by atoms with E-state index < -0.39 is 0 Å². The fourth-order valence-corrected chi connectivity index (χ4v) is 2.95. The summed E-state index contributed by atoms with van der Waals surface area (Å²) in [6.45, 7) is 1.89. The molecule has 1 nitrogen and oxygen atoms in total. The first-order valence-electron chi connectivity index (χ1n) is 5.87. The van der Waals surface area contributed by atoms with Gasteiger partial charge in [0.2, 0.25) is 0 Å². The lowest BCUT2D eigenvalue weighted by molar-refractivity contribution is 0.399. The van der Waals surface area contributed by atoms with Crippen molar-refractivity contribution in [2.75, 3.05) is 7.11 Å². The molecule has 0 radical (unpaired) electrons. The van der Waals surface area contributed by atoms with Crippen LogP contribution in [0.15, 0.2) is 52.3 Å². The molecule has 19 heavy (non-hydrogen) atoms. The monoisotopic (exact) mass is 296 g/mol. The molecular formula is C15H14ClFOS. The maximum Gasteiger partial charge on any atom is 0.137 e. The van der Waals surface area contributed by atoms with Crippen molar-refractivity contribution >= 4 is 23.4 Å². The maximum atomic E-state index is 13.7. The predicted molar refractivity (Wildman–Crippen MR) is 77.8 cm³/mol. The molecule has 2 aromatic rings. The minimum Gasteiger partial charge on any atom is -0.495 e. The van der Waals surface area contributed by atoms with E-state index in [-0.39, 0.29) is 11.2 Å². The third kappa shape index (κ3) is 3.23. The lowest BCUT2D eigenvalue weighted by Gasteiger charge is -2.14. The summed E-state index contributed by atoms with van der Waals surface area (Å²) in [6, 6.07) is 12.4. The molecule has 0 saturated carbocycles. The van der Waals surface area contributed by atoms with E-state index >= 15 is 0 Å². The summed E-state index contributed by atoms with van der Waals surface area (Å²) >= 11 is 7.47. The lowest BCUT2D eigenvalue weighted by atomic mass is 10.1. The maximum absolute atomic E-state index is 13.7. The normalized spacial score (nSPS) is 12.2. The topological polar surface area (TPSA) is 9.23 Å². The third-order valence-electron chi connectivity index (χ3n) is 2.70. The van der Waals surface area contributed by atoms with Crippen molar-refractivity contribution in [2.45, 2.75) is 22.1 Å². The minimum absolute atomic E-state index is 0.156. The van der Waals surface area contributed by atoms with Gasteiger partial charge in [-0.15, -0.1) is 11.6 Å². The Bertz CT molecular complexity index is 572. The quantitative estimate of drug-likeness (QED) is 0.709. The Hall–Kier alpha value is -1.19. The van der Waals surface area contributed by atoms with Crippen molar-refractivity contribution in [2.24, 2.45) is 0 Å². The van der Waals surface area contributed by atoms with E-state index in [1.165, 1.54) is 17.8 Å². The van der Waals surface area contributed by atoms with Gasteiger partial charge in [0.15, 0.2) is 0 Å². The van der Waals surface area contributed by atoms with E-state index in [0.717, 1.165) is 10.5 Å². The van der Waals surface area contributed by atoms with Gasteiger partial charge in [-0.25, -0.2) is 4.39 Å². The second-order valence-electron chi connectivity index (χ2n) is 4.03. The predicted octanol–water partition coefficient (Wildman–Crippen LogP) is 5.29. The summed E-state index contributed by atoms with van der Waals surface area (Å²) in [6.07, 6.45) is 0. The van der Waals surface area contributed by atoms with Crippen LogP contribution < -0.4 is 4.74 Å². The highest BCUT2D eigenvalue weighted by Crippen LogP contribution is 2.41. The summed E-state index contributed by atoms with van der Waals surface area (Å²) in [5.41, 5.74) is 0.908. The first kappa shape index (κ1) is 14.2. The minimum atomic E-state index is -0.237. The van der Waals surface area contributed by atoms with Crippen LogP contribution in [0.25, 0.3) is 0 Å². The molecule has 0 spiro atoms. The van der Waals surface area contributed by atoms with Crippen molar-refractivity contribution in [3.63, 3.8) is 0 Å². The van der Waals surface area contributed by atoms with Crippen molar-refractivity contribution in [1.82, 2.24) is 0 Å². The highest BCUT2D eigenvalue weighted by molar-refractivity contribution is 7.99. The van der Waals surface area contributed by atoms with Crippen LogP contribution in [0.1, 0.15) is 17.9 Å². The SMILES string of the molecule is COc1c(Sc2ccccc2F)cccc1C(C)Cl. The highest BCUT2D eigenvalue weighted by atomic mass is 35.5. The molecule has 4 heteroatoms. The number of halogens is 2. The van der Waals surface area contributed by atoms with Gasteiger partial charge in [-0.2, -0.15) is 0 Å². The molecule has 0 saturated heterocycles. The molecule has 0 heterocycles. The number of para-hydroxylation sites is 1. The first-order chi connectivity index (χ1) is 9.13. The molecule has 1 atom stereocenters. The molecule has 0 aliphatic carbocycles. The van der Waals surface area contributed by atoms with Gasteiger partial charge in [0.25, 0.3) is 0 Å². The zero-order chi connectivity index (χ0) is 13.8. The summed E-state index contributed by atoms with van der Waals surface area (Å²) < 4.78 is 19.1. The standard InChI is InChI=1S/C15H14ClFOS/c1-10(16)11-6-5-9-14(15(11)18-2)19-13-8-4-3-7-12(13)17/h3-10H,1-2H3. The Morgan fingerprint density at radius 1 is 1.11 bits per heavy atom. The van der Waals surface area contributed by atoms with Crippen LogP contribution in [-0.2, 0) is 0 Å². The van der Waals surface area contributed by atoms with Crippen LogP contribution >= 0.6 is 23.4 Å². The summed E-state index contributed by atoms with van der Waals surface area (Å²) in [5, 5.41) is -0.156. The Morgan fingerprint density at radius 2 is 1.79 bits per heavy atom. The molecule has 0 aliphatic heterocycles. The van der Waals surface area contributed by atoms with Crippen molar-refractivity contribution < 1.29 is 9.13 Å². The second-order valence-corrected chi connectivity index (χ2v) is 5.77. The van der Waals surface area contributed by atoms with Gasteiger partial charge >= 0.3 is 0 Å². The van der Waals surface area contributed by atoms with E-state index in [1.54, 1.807) is 19.2 Å². The van der Waals surface area contributed by atoms with Gasteiger partial charge in [-0.1, -0.05) is 36.0 Å². The fraction of sp³-hybridized carbons (Fsp3) is 0.200. The third-order valence-corrected chi connectivity index (χ3v) is 4.03. The average Bonchev–Trinajstić information content (AvgIpc) is 2.41. The molecule has 2 rings (SSSR count). The molecule has 0 fully saturated rings. The summed E-state index contributed by atoms with van der Waals surface area (Å²) in [5.74, 6) is 0.470. The van der Waals surface area contributed by atoms with Crippen LogP contribution in [0.3, 0.4) is 0 Å². The molecule has 0 aromatic heterocycles. The Kier molecular flexibility index (Phi) is 4.72. The van der Waals surface area contributed by atoms with Gasteiger partial charge < -0.3 is 4.74 Å². The molecule has 0 amide bonds. The van der Waals surface area contributed by atoms with Crippen molar-refractivity contribution in [3.8, 4) is 5.75 Å². The molecule has 0 aliphatic rings. The number of methoxy groups -OCH3 is 1. The molecule has 100 valence electrons. The average molecular weight is 297 g/mol. The largest absolute Gasteiger partial charge is 0.495 e. The molecule has 0 bridgehead atoms. The van der Waals surface area contributed by atoms with Crippen molar-refractivity contribution in [1.29, 1.82) is 0 Å². The van der Waals surface area contributed by atoms with Crippen LogP contribution in [0.5, 0.6) is 5.75 Å². The molecular weight excluding hydrogens is 283 g/mol. The molecule has 0 N–H and O–H groups in total. The number of hydrogen-bond donors (Lipinski definition) is 0. The van der Waals surface area contributed by atoms with E-state index in [2.05, 4.69) is 0 Å². The van der Waals surface area contributed by atoms with Crippen LogP contribution in [0.4, 0.5) is 4.39 Å². The number of ether oxygens (including phenoxy) is 1.